The monoisotopic (exact) mass is 318 g/mol. The first-order valence-corrected chi connectivity index (χ1v) is 6.12. The van der Waals surface area contributed by atoms with Crippen LogP contribution in [0.25, 0.3) is 0 Å². The predicted molar refractivity (Wildman–Crippen MR) is 69.6 cm³/mol. The fourth-order valence-corrected chi connectivity index (χ4v) is 1.92. The Hall–Kier alpha value is -1.27. The van der Waals surface area contributed by atoms with Crippen molar-refractivity contribution < 1.29 is 24.1 Å². The molecule has 0 atom stereocenters. The smallest absolute Gasteiger partial charge is 0.335 e. The van der Waals surface area contributed by atoms with Gasteiger partial charge in [-0.15, -0.1) is 0 Å². The Morgan fingerprint density at radius 3 is 2.61 bits per heavy atom. The molecule has 1 N–H and O–H groups in total. The molecule has 0 heterocycles. The number of methoxy groups -OCH3 is 2. The van der Waals surface area contributed by atoms with Crippen LogP contribution in [0.5, 0.6) is 11.5 Å². The SMILES string of the molecule is COCCCOc1c(Br)cc(C(=O)O)cc1OC. The summed E-state index contributed by atoms with van der Waals surface area (Å²) in [4.78, 5) is 10.9. The Morgan fingerprint density at radius 1 is 1.33 bits per heavy atom. The summed E-state index contributed by atoms with van der Waals surface area (Å²) in [6, 6.07) is 2.91. The second kappa shape index (κ2) is 7.23. The summed E-state index contributed by atoms with van der Waals surface area (Å²) in [6.07, 6.45) is 0.743. The lowest BCUT2D eigenvalue weighted by atomic mass is 10.2. The van der Waals surface area contributed by atoms with Gasteiger partial charge in [-0.05, 0) is 28.1 Å². The Bertz CT molecular complexity index is 419. The van der Waals surface area contributed by atoms with Crippen molar-refractivity contribution in [2.45, 2.75) is 6.42 Å². The lowest BCUT2D eigenvalue weighted by Crippen LogP contribution is -2.05. The van der Waals surface area contributed by atoms with Crippen molar-refractivity contribution in [3.05, 3.63) is 22.2 Å². The Kier molecular flexibility index (Phi) is 5.94. The molecule has 100 valence electrons. The number of ether oxygens (including phenoxy) is 3. The largest absolute Gasteiger partial charge is 0.493 e. The lowest BCUT2D eigenvalue weighted by Gasteiger charge is -2.13. The van der Waals surface area contributed by atoms with E-state index in [0.29, 0.717) is 29.2 Å². The zero-order valence-corrected chi connectivity index (χ0v) is 11.8. The number of benzene rings is 1. The van der Waals surface area contributed by atoms with Crippen LogP contribution in [-0.2, 0) is 4.74 Å². The average molecular weight is 319 g/mol. The molecule has 0 aliphatic rings. The van der Waals surface area contributed by atoms with E-state index in [1.165, 1.54) is 19.2 Å². The van der Waals surface area contributed by atoms with Gasteiger partial charge in [0.05, 0.1) is 23.8 Å². The molecule has 1 aromatic rings. The van der Waals surface area contributed by atoms with Crippen LogP contribution in [0.2, 0.25) is 0 Å². The highest BCUT2D eigenvalue weighted by molar-refractivity contribution is 9.10. The first kappa shape index (κ1) is 14.8. The Labute approximate surface area is 114 Å². The fourth-order valence-electron chi connectivity index (χ4n) is 1.36. The van der Waals surface area contributed by atoms with Crippen molar-refractivity contribution in [3.63, 3.8) is 0 Å². The van der Waals surface area contributed by atoms with Crippen molar-refractivity contribution in [1.82, 2.24) is 0 Å². The van der Waals surface area contributed by atoms with Gasteiger partial charge in [-0.3, -0.25) is 0 Å². The summed E-state index contributed by atoms with van der Waals surface area (Å²) in [5, 5.41) is 8.93. The molecule has 6 heteroatoms. The summed E-state index contributed by atoms with van der Waals surface area (Å²) in [5.41, 5.74) is 0.142. The summed E-state index contributed by atoms with van der Waals surface area (Å²) < 4.78 is 16.1. The topological polar surface area (TPSA) is 65.0 Å². The predicted octanol–water partition coefficient (Wildman–Crippen LogP) is 2.57. The van der Waals surface area contributed by atoms with Gasteiger partial charge in [-0.25, -0.2) is 4.79 Å². The van der Waals surface area contributed by atoms with Crippen LogP contribution < -0.4 is 9.47 Å². The number of halogens is 1. The molecule has 0 aliphatic heterocycles. The minimum Gasteiger partial charge on any atom is -0.493 e. The molecule has 0 spiro atoms. The molecular formula is C12H15BrO5. The second-order valence-corrected chi connectivity index (χ2v) is 4.34. The van der Waals surface area contributed by atoms with E-state index in [2.05, 4.69) is 15.9 Å². The van der Waals surface area contributed by atoms with E-state index in [9.17, 15) is 4.79 Å². The lowest BCUT2D eigenvalue weighted by molar-refractivity contribution is 0.0696. The van der Waals surface area contributed by atoms with E-state index >= 15 is 0 Å². The average Bonchev–Trinajstić information content (AvgIpc) is 2.35. The molecule has 18 heavy (non-hydrogen) atoms. The molecule has 0 fully saturated rings. The summed E-state index contributed by atoms with van der Waals surface area (Å²) >= 11 is 3.28. The molecule has 1 rings (SSSR count). The number of hydrogen-bond acceptors (Lipinski definition) is 4. The van der Waals surface area contributed by atoms with E-state index in [0.717, 1.165) is 6.42 Å². The van der Waals surface area contributed by atoms with Crippen molar-refractivity contribution in [2.24, 2.45) is 0 Å². The Balaban J connectivity index is 2.86. The first-order valence-electron chi connectivity index (χ1n) is 5.32. The number of carboxylic acid groups (broad SMARTS) is 1. The third-order valence-electron chi connectivity index (χ3n) is 2.22. The van der Waals surface area contributed by atoms with Gasteiger partial charge in [0.25, 0.3) is 0 Å². The van der Waals surface area contributed by atoms with Crippen LogP contribution in [0.3, 0.4) is 0 Å². The maximum atomic E-state index is 10.9. The molecule has 0 radical (unpaired) electrons. The number of hydrogen-bond donors (Lipinski definition) is 1. The maximum Gasteiger partial charge on any atom is 0.335 e. The molecule has 0 aliphatic carbocycles. The summed E-state index contributed by atoms with van der Waals surface area (Å²) in [5.74, 6) is -0.127. The number of rotatable bonds is 7. The van der Waals surface area contributed by atoms with Crippen LogP contribution in [0, 0.1) is 0 Å². The van der Waals surface area contributed by atoms with Crippen molar-refractivity contribution >= 4 is 21.9 Å². The highest BCUT2D eigenvalue weighted by Gasteiger charge is 2.14. The van der Waals surface area contributed by atoms with Gasteiger partial charge < -0.3 is 19.3 Å². The van der Waals surface area contributed by atoms with E-state index in [1.54, 1.807) is 7.11 Å². The van der Waals surface area contributed by atoms with E-state index in [-0.39, 0.29) is 5.56 Å². The van der Waals surface area contributed by atoms with Gasteiger partial charge >= 0.3 is 5.97 Å². The van der Waals surface area contributed by atoms with Crippen molar-refractivity contribution in [1.29, 1.82) is 0 Å². The molecule has 0 amide bonds. The molecule has 5 nitrogen and oxygen atoms in total. The molecule has 0 saturated carbocycles. The fraction of sp³-hybridized carbons (Fsp3) is 0.417. The minimum absolute atomic E-state index is 0.142. The van der Waals surface area contributed by atoms with Gasteiger partial charge in [-0.1, -0.05) is 0 Å². The van der Waals surface area contributed by atoms with Gasteiger partial charge in [0.15, 0.2) is 11.5 Å². The third-order valence-corrected chi connectivity index (χ3v) is 2.80. The minimum atomic E-state index is -1.01. The van der Waals surface area contributed by atoms with Crippen LogP contribution in [0.1, 0.15) is 16.8 Å². The molecule has 1 aromatic carbocycles. The van der Waals surface area contributed by atoms with Gasteiger partial charge in [0, 0.05) is 20.1 Å². The standard InChI is InChI=1S/C12H15BrO5/c1-16-4-3-5-18-11-9(13)6-8(12(14)15)7-10(11)17-2/h6-7H,3-5H2,1-2H3,(H,14,15). The highest BCUT2D eigenvalue weighted by atomic mass is 79.9. The zero-order valence-electron chi connectivity index (χ0n) is 10.2. The Morgan fingerprint density at radius 2 is 2.06 bits per heavy atom. The van der Waals surface area contributed by atoms with Crippen LogP contribution >= 0.6 is 15.9 Å². The summed E-state index contributed by atoms with van der Waals surface area (Å²) in [6.45, 7) is 1.07. The van der Waals surface area contributed by atoms with Gasteiger partial charge in [0.2, 0.25) is 0 Å². The molecule has 0 aromatic heterocycles. The number of aromatic carboxylic acids is 1. The summed E-state index contributed by atoms with van der Waals surface area (Å²) in [7, 11) is 3.09. The normalized spacial score (nSPS) is 10.2. The molecule has 0 unspecified atom stereocenters. The van der Waals surface area contributed by atoms with Crippen LogP contribution in [-0.4, -0.2) is 38.5 Å². The zero-order chi connectivity index (χ0) is 13.5. The molecular weight excluding hydrogens is 304 g/mol. The van der Waals surface area contributed by atoms with Crippen LogP contribution in [0.4, 0.5) is 0 Å². The van der Waals surface area contributed by atoms with E-state index in [1.807, 2.05) is 0 Å². The van der Waals surface area contributed by atoms with Gasteiger partial charge in [0.1, 0.15) is 0 Å². The number of carboxylic acids is 1. The van der Waals surface area contributed by atoms with Crippen LogP contribution in [0.15, 0.2) is 16.6 Å². The quantitative estimate of drug-likeness (QED) is 0.783. The first-order chi connectivity index (χ1) is 8.60. The molecule has 0 saturated heterocycles. The molecule has 0 bridgehead atoms. The second-order valence-electron chi connectivity index (χ2n) is 3.49. The highest BCUT2D eigenvalue weighted by Crippen LogP contribution is 2.36. The van der Waals surface area contributed by atoms with Crippen molar-refractivity contribution in [2.75, 3.05) is 27.4 Å². The number of carbonyl (C=O) groups is 1. The van der Waals surface area contributed by atoms with E-state index < -0.39 is 5.97 Å². The maximum absolute atomic E-state index is 10.9. The van der Waals surface area contributed by atoms with Gasteiger partial charge in [-0.2, -0.15) is 0 Å². The third kappa shape index (κ3) is 3.89. The van der Waals surface area contributed by atoms with E-state index in [4.69, 9.17) is 19.3 Å². The van der Waals surface area contributed by atoms with Crippen molar-refractivity contribution in [3.8, 4) is 11.5 Å².